The van der Waals surface area contributed by atoms with Gasteiger partial charge in [-0.2, -0.15) is 5.10 Å². The molecule has 0 spiro atoms. The van der Waals surface area contributed by atoms with Gasteiger partial charge in [0.1, 0.15) is 4.47 Å². The minimum atomic E-state index is -0.101. The lowest BCUT2D eigenvalue weighted by atomic mass is 10.4. The van der Waals surface area contributed by atoms with Gasteiger partial charge in [0.15, 0.2) is 0 Å². The molecule has 2 N–H and O–H groups in total. The number of nitrogens with zero attached hydrogens (tertiary/aromatic N) is 2. The monoisotopic (exact) mass is 288 g/mol. The highest BCUT2D eigenvalue weighted by molar-refractivity contribution is 9.10. The predicted octanol–water partition coefficient (Wildman–Crippen LogP) is 1.05. The number of aryl methyl sites for hydroxylation is 1. The molecule has 0 atom stereocenters. The third-order valence-corrected chi connectivity index (χ3v) is 2.92. The Balaban J connectivity index is 2.68. The Hall–Kier alpha value is -0.880. The van der Waals surface area contributed by atoms with Gasteiger partial charge in [-0.3, -0.25) is 4.79 Å². The van der Waals surface area contributed by atoms with Crippen molar-refractivity contribution in [1.82, 2.24) is 15.1 Å². The summed E-state index contributed by atoms with van der Waals surface area (Å²) in [6.45, 7) is 7.09. The van der Waals surface area contributed by atoms with Crippen LogP contribution in [-0.4, -0.2) is 29.4 Å². The molecule has 0 bridgehead atoms. The predicted molar refractivity (Wildman–Crippen MR) is 68.9 cm³/mol. The fraction of sp³-hybridized carbons (Fsp3) is 0.600. The van der Waals surface area contributed by atoms with Crippen molar-refractivity contribution in [3.8, 4) is 0 Å². The van der Waals surface area contributed by atoms with Crippen molar-refractivity contribution in [1.29, 1.82) is 0 Å². The summed E-state index contributed by atoms with van der Waals surface area (Å²) in [6.07, 6.45) is 1.67. The van der Waals surface area contributed by atoms with Crippen molar-refractivity contribution in [3.05, 3.63) is 21.0 Å². The molecule has 0 unspecified atom stereocenters. The van der Waals surface area contributed by atoms with Gasteiger partial charge in [0.2, 0.25) is 0 Å². The van der Waals surface area contributed by atoms with Crippen LogP contribution in [0.4, 0.5) is 5.69 Å². The molecular weight excluding hydrogens is 272 g/mol. The van der Waals surface area contributed by atoms with Crippen molar-refractivity contribution in [2.45, 2.75) is 20.4 Å². The zero-order valence-electron chi connectivity index (χ0n) is 9.59. The Morgan fingerprint density at radius 2 is 2.19 bits per heavy atom. The molecule has 0 radical (unpaired) electrons. The van der Waals surface area contributed by atoms with Gasteiger partial charge >= 0.3 is 0 Å². The summed E-state index contributed by atoms with van der Waals surface area (Å²) in [5.74, 6) is 0. The minimum absolute atomic E-state index is 0.101. The summed E-state index contributed by atoms with van der Waals surface area (Å²) < 4.78 is 1.96. The van der Waals surface area contributed by atoms with Gasteiger partial charge < -0.3 is 10.6 Å². The van der Waals surface area contributed by atoms with Gasteiger partial charge in [0.05, 0.1) is 11.9 Å². The van der Waals surface area contributed by atoms with E-state index in [1.807, 2.05) is 6.92 Å². The van der Waals surface area contributed by atoms with Crippen molar-refractivity contribution < 1.29 is 0 Å². The Labute approximate surface area is 103 Å². The molecule has 0 fully saturated rings. The Morgan fingerprint density at radius 1 is 1.44 bits per heavy atom. The van der Waals surface area contributed by atoms with Gasteiger partial charge in [-0.1, -0.05) is 6.92 Å². The SMILES string of the molecule is CCNCCNc1cnn(CC)c(=O)c1Br. The largest absolute Gasteiger partial charge is 0.381 e. The lowest BCUT2D eigenvalue weighted by Gasteiger charge is -2.09. The first-order valence-corrected chi connectivity index (χ1v) is 6.20. The van der Waals surface area contributed by atoms with Gasteiger partial charge in [-0.25, -0.2) is 4.68 Å². The molecule has 5 nitrogen and oxygen atoms in total. The Morgan fingerprint density at radius 3 is 2.81 bits per heavy atom. The molecule has 1 aromatic rings. The fourth-order valence-electron chi connectivity index (χ4n) is 1.28. The number of aromatic nitrogens is 2. The van der Waals surface area contributed by atoms with E-state index in [4.69, 9.17) is 0 Å². The number of nitrogens with one attached hydrogen (secondary N) is 2. The molecule has 90 valence electrons. The summed E-state index contributed by atoms with van der Waals surface area (Å²) >= 11 is 3.28. The number of likely N-dealkylation sites (N-methyl/N-ethyl adjacent to an activating group) is 1. The van der Waals surface area contributed by atoms with E-state index in [0.29, 0.717) is 11.0 Å². The maximum Gasteiger partial charge on any atom is 0.283 e. The molecule has 0 aliphatic carbocycles. The first-order chi connectivity index (χ1) is 7.70. The van der Waals surface area contributed by atoms with Crippen LogP contribution in [-0.2, 0) is 6.54 Å². The quantitative estimate of drug-likeness (QED) is 0.769. The van der Waals surface area contributed by atoms with Crippen LogP contribution in [0.25, 0.3) is 0 Å². The maximum absolute atomic E-state index is 11.7. The van der Waals surface area contributed by atoms with E-state index in [0.717, 1.165) is 25.3 Å². The summed E-state index contributed by atoms with van der Waals surface area (Å²) in [6, 6.07) is 0. The van der Waals surface area contributed by atoms with Crippen LogP contribution >= 0.6 is 15.9 Å². The van der Waals surface area contributed by atoms with E-state index in [9.17, 15) is 4.79 Å². The maximum atomic E-state index is 11.7. The van der Waals surface area contributed by atoms with Crippen LogP contribution in [0.5, 0.6) is 0 Å². The van der Waals surface area contributed by atoms with E-state index in [-0.39, 0.29) is 5.56 Å². The summed E-state index contributed by atoms with van der Waals surface area (Å²) in [5.41, 5.74) is 0.642. The zero-order chi connectivity index (χ0) is 12.0. The van der Waals surface area contributed by atoms with Gasteiger partial charge in [-0.15, -0.1) is 0 Å². The molecule has 0 aliphatic heterocycles. The van der Waals surface area contributed by atoms with E-state index in [1.165, 1.54) is 4.68 Å². The summed E-state index contributed by atoms with van der Waals surface area (Å²) in [7, 11) is 0. The molecule has 16 heavy (non-hydrogen) atoms. The highest BCUT2D eigenvalue weighted by Crippen LogP contribution is 2.15. The lowest BCUT2D eigenvalue weighted by Crippen LogP contribution is -2.26. The topological polar surface area (TPSA) is 59.0 Å². The van der Waals surface area contributed by atoms with E-state index in [1.54, 1.807) is 6.20 Å². The summed E-state index contributed by atoms with van der Waals surface area (Å²) in [4.78, 5) is 11.7. The molecule has 0 saturated carbocycles. The average molecular weight is 289 g/mol. The molecule has 0 saturated heterocycles. The third kappa shape index (κ3) is 3.31. The van der Waals surface area contributed by atoms with Crippen molar-refractivity contribution in [2.24, 2.45) is 0 Å². The van der Waals surface area contributed by atoms with Crippen molar-refractivity contribution in [3.63, 3.8) is 0 Å². The highest BCUT2D eigenvalue weighted by atomic mass is 79.9. The zero-order valence-corrected chi connectivity index (χ0v) is 11.2. The first-order valence-electron chi connectivity index (χ1n) is 5.40. The molecule has 1 aromatic heterocycles. The van der Waals surface area contributed by atoms with Crippen LogP contribution in [0.3, 0.4) is 0 Å². The van der Waals surface area contributed by atoms with Crippen LogP contribution in [0, 0.1) is 0 Å². The van der Waals surface area contributed by atoms with E-state index >= 15 is 0 Å². The molecular formula is C10H17BrN4O. The number of anilines is 1. The van der Waals surface area contributed by atoms with Crippen LogP contribution in [0.2, 0.25) is 0 Å². The second-order valence-electron chi connectivity index (χ2n) is 3.27. The second-order valence-corrected chi connectivity index (χ2v) is 4.07. The molecule has 0 amide bonds. The number of hydrogen-bond donors (Lipinski definition) is 2. The van der Waals surface area contributed by atoms with Crippen LogP contribution < -0.4 is 16.2 Å². The van der Waals surface area contributed by atoms with Crippen molar-refractivity contribution in [2.75, 3.05) is 25.0 Å². The van der Waals surface area contributed by atoms with Gasteiger partial charge in [0.25, 0.3) is 5.56 Å². The van der Waals surface area contributed by atoms with Crippen molar-refractivity contribution >= 4 is 21.6 Å². The molecule has 1 heterocycles. The smallest absolute Gasteiger partial charge is 0.283 e. The highest BCUT2D eigenvalue weighted by Gasteiger charge is 2.06. The molecule has 1 rings (SSSR count). The van der Waals surface area contributed by atoms with Crippen LogP contribution in [0.1, 0.15) is 13.8 Å². The standard InChI is InChI=1S/C10H17BrN4O/c1-3-12-5-6-13-8-7-14-15(4-2)10(16)9(8)11/h7,12-13H,3-6H2,1-2H3. The minimum Gasteiger partial charge on any atom is -0.381 e. The third-order valence-electron chi connectivity index (χ3n) is 2.15. The molecule has 6 heteroatoms. The Bertz CT molecular complexity index is 391. The van der Waals surface area contributed by atoms with E-state index < -0.39 is 0 Å². The average Bonchev–Trinajstić information content (AvgIpc) is 2.30. The fourth-order valence-corrected chi connectivity index (χ4v) is 1.72. The first kappa shape index (κ1) is 13.2. The Kier molecular flexibility index (Phi) is 5.48. The lowest BCUT2D eigenvalue weighted by molar-refractivity contribution is 0.612. The number of hydrogen-bond acceptors (Lipinski definition) is 4. The second kappa shape index (κ2) is 6.65. The summed E-state index contributed by atoms with van der Waals surface area (Å²) in [5, 5.41) is 10.4. The van der Waals surface area contributed by atoms with Crippen LogP contribution in [0.15, 0.2) is 15.5 Å². The van der Waals surface area contributed by atoms with Gasteiger partial charge in [0, 0.05) is 19.6 Å². The molecule has 0 aliphatic rings. The normalized spacial score (nSPS) is 10.4. The van der Waals surface area contributed by atoms with E-state index in [2.05, 4.69) is 38.6 Å². The van der Waals surface area contributed by atoms with Gasteiger partial charge in [-0.05, 0) is 29.4 Å². The number of rotatable bonds is 6. The molecule has 0 aromatic carbocycles. The number of halogens is 1.